The number of aromatic nitrogens is 1. The van der Waals surface area contributed by atoms with Gasteiger partial charge in [0.15, 0.2) is 0 Å². The zero-order chi connectivity index (χ0) is 11.4. The van der Waals surface area contributed by atoms with Crippen LogP contribution in [0.3, 0.4) is 0 Å². The van der Waals surface area contributed by atoms with Crippen LogP contribution in [0.25, 0.3) is 0 Å². The number of carbonyl (C=O) groups is 1. The van der Waals surface area contributed by atoms with E-state index in [4.69, 9.17) is 11.6 Å². The summed E-state index contributed by atoms with van der Waals surface area (Å²) in [5.74, 6) is 0.393. The third kappa shape index (κ3) is 2.95. The average molecular weight is 259 g/mol. The maximum atomic E-state index is 11.7. The van der Waals surface area contributed by atoms with Crippen molar-refractivity contribution in [3.8, 4) is 0 Å². The van der Waals surface area contributed by atoms with Crippen LogP contribution >= 0.6 is 22.9 Å². The highest BCUT2D eigenvalue weighted by Crippen LogP contribution is 2.28. The lowest BCUT2D eigenvalue weighted by molar-refractivity contribution is 0.0948. The lowest BCUT2D eigenvalue weighted by Crippen LogP contribution is -2.34. The van der Waals surface area contributed by atoms with Crippen molar-refractivity contribution < 1.29 is 4.79 Å². The predicted molar refractivity (Wildman–Crippen MR) is 66.0 cm³/mol. The maximum absolute atomic E-state index is 11.7. The van der Waals surface area contributed by atoms with E-state index in [1.807, 2.05) is 0 Å². The summed E-state index contributed by atoms with van der Waals surface area (Å²) in [5, 5.41) is 3.15. The fourth-order valence-electron chi connectivity index (χ4n) is 2.03. The Balaban J connectivity index is 1.80. The summed E-state index contributed by atoms with van der Waals surface area (Å²) < 4.78 is 0. The number of hydrogen-bond donors (Lipinski definition) is 1. The lowest BCUT2D eigenvalue weighted by Gasteiger charge is -2.26. The standard InChI is InChI=1S/C11H15ClN2OS/c12-9-4-2-1-3-8(9)5-14-11(15)10-6-13-7-16-10/h6-9H,1-5H2,(H,14,15). The fourth-order valence-corrected chi connectivity index (χ4v) is 2.94. The van der Waals surface area contributed by atoms with Crippen molar-refractivity contribution in [1.29, 1.82) is 0 Å². The minimum absolute atomic E-state index is 0.0306. The quantitative estimate of drug-likeness (QED) is 0.847. The van der Waals surface area contributed by atoms with E-state index in [0.29, 0.717) is 17.3 Å². The Morgan fingerprint density at radius 2 is 2.38 bits per heavy atom. The molecule has 16 heavy (non-hydrogen) atoms. The molecule has 3 nitrogen and oxygen atoms in total. The molecule has 88 valence electrons. The van der Waals surface area contributed by atoms with Gasteiger partial charge in [-0.1, -0.05) is 12.8 Å². The minimum Gasteiger partial charge on any atom is -0.351 e. The van der Waals surface area contributed by atoms with Crippen LogP contribution in [0.5, 0.6) is 0 Å². The molecule has 5 heteroatoms. The number of thiazole rings is 1. The van der Waals surface area contributed by atoms with Gasteiger partial charge in [0.1, 0.15) is 4.88 Å². The van der Waals surface area contributed by atoms with E-state index >= 15 is 0 Å². The molecule has 0 saturated heterocycles. The van der Waals surface area contributed by atoms with Gasteiger partial charge in [-0.3, -0.25) is 9.78 Å². The summed E-state index contributed by atoms with van der Waals surface area (Å²) >= 11 is 7.59. The number of carbonyl (C=O) groups excluding carboxylic acids is 1. The van der Waals surface area contributed by atoms with E-state index in [-0.39, 0.29) is 11.3 Å². The van der Waals surface area contributed by atoms with Crippen molar-refractivity contribution in [2.24, 2.45) is 5.92 Å². The van der Waals surface area contributed by atoms with E-state index in [1.54, 1.807) is 11.7 Å². The first kappa shape index (κ1) is 11.9. The Bertz CT molecular complexity index is 342. The molecule has 0 bridgehead atoms. The number of nitrogens with zero attached hydrogens (tertiary/aromatic N) is 1. The van der Waals surface area contributed by atoms with Gasteiger partial charge in [0, 0.05) is 11.9 Å². The first-order valence-corrected chi connectivity index (χ1v) is 6.89. The van der Waals surface area contributed by atoms with Gasteiger partial charge in [0.25, 0.3) is 5.91 Å². The summed E-state index contributed by atoms with van der Waals surface area (Å²) in [6, 6.07) is 0. The molecule has 1 aromatic rings. The third-order valence-corrected chi connectivity index (χ3v) is 4.34. The fraction of sp³-hybridized carbons (Fsp3) is 0.636. The molecule has 1 fully saturated rings. The molecule has 1 saturated carbocycles. The molecule has 1 N–H and O–H groups in total. The van der Waals surface area contributed by atoms with Gasteiger partial charge in [0.05, 0.1) is 11.7 Å². The summed E-state index contributed by atoms with van der Waals surface area (Å²) in [6.07, 6.45) is 6.23. The number of alkyl halides is 1. The second-order valence-corrected chi connectivity index (χ2v) is 5.58. The molecule has 0 radical (unpaired) electrons. The smallest absolute Gasteiger partial charge is 0.263 e. The number of rotatable bonds is 3. The molecule has 1 heterocycles. The zero-order valence-electron chi connectivity index (χ0n) is 8.99. The highest BCUT2D eigenvalue weighted by Gasteiger charge is 2.23. The molecular formula is C11H15ClN2OS. The van der Waals surface area contributed by atoms with Crippen molar-refractivity contribution in [1.82, 2.24) is 10.3 Å². The molecule has 2 atom stereocenters. The van der Waals surface area contributed by atoms with Gasteiger partial charge < -0.3 is 5.32 Å². The molecule has 1 aromatic heterocycles. The SMILES string of the molecule is O=C(NCC1CCCCC1Cl)c1cncs1. The number of hydrogen-bond acceptors (Lipinski definition) is 3. The Morgan fingerprint density at radius 1 is 1.56 bits per heavy atom. The predicted octanol–water partition coefficient (Wildman–Crippen LogP) is 2.67. The first-order chi connectivity index (χ1) is 7.77. The number of nitrogens with one attached hydrogen (secondary N) is 1. The largest absolute Gasteiger partial charge is 0.351 e. The highest BCUT2D eigenvalue weighted by molar-refractivity contribution is 7.11. The van der Waals surface area contributed by atoms with Gasteiger partial charge in [-0.15, -0.1) is 22.9 Å². The average Bonchev–Trinajstić information content (AvgIpc) is 2.81. The maximum Gasteiger partial charge on any atom is 0.263 e. The zero-order valence-corrected chi connectivity index (χ0v) is 10.6. The van der Waals surface area contributed by atoms with Crippen LogP contribution in [0.4, 0.5) is 0 Å². The van der Waals surface area contributed by atoms with Gasteiger partial charge in [-0.05, 0) is 18.8 Å². The van der Waals surface area contributed by atoms with Crippen molar-refractivity contribution in [2.45, 2.75) is 31.1 Å². The first-order valence-electron chi connectivity index (χ1n) is 5.58. The minimum atomic E-state index is -0.0306. The number of amides is 1. The van der Waals surface area contributed by atoms with E-state index in [1.165, 1.54) is 24.2 Å². The molecule has 1 aliphatic rings. The number of halogens is 1. The second kappa shape index (κ2) is 5.64. The highest BCUT2D eigenvalue weighted by atomic mass is 35.5. The van der Waals surface area contributed by atoms with Crippen LogP contribution in [-0.2, 0) is 0 Å². The van der Waals surface area contributed by atoms with Crippen LogP contribution in [0.2, 0.25) is 0 Å². The Labute approximate surface area is 104 Å². The van der Waals surface area contributed by atoms with Crippen molar-refractivity contribution in [3.63, 3.8) is 0 Å². The van der Waals surface area contributed by atoms with Gasteiger partial charge in [-0.25, -0.2) is 0 Å². The summed E-state index contributed by atoms with van der Waals surface area (Å²) in [4.78, 5) is 16.2. The van der Waals surface area contributed by atoms with Crippen molar-refractivity contribution in [2.75, 3.05) is 6.54 Å². The Hall–Kier alpha value is -0.610. The van der Waals surface area contributed by atoms with Gasteiger partial charge in [0.2, 0.25) is 0 Å². The molecule has 2 unspecified atom stereocenters. The summed E-state index contributed by atoms with van der Waals surface area (Å²) in [6.45, 7) is 0.685. The molecule has 2 rings (SSSR count). The monoisotopic (exact) mass is 258 g/mol. The third-order valence-electron chi connectivity index (χ3n) is 3.00. The molecular weight excluding hydrogens is 244 g/mol. The molecule has 0 aromatic carbocycles. The molecule has 1 amide bonds. The topological polar surface area (TPSA) is 42.0 Å². The van der Waals surface area contributed by atoms with E-state index < -0.39 is 0 Å². The molecule has 0 aliphatic heterocycles. The lowest BCUT2D eigenvalue weighted by atomic mass is 9.89. The van der Waals surface area contributed by atoms with Crippen molar-refractivity contribution in [3.05, 3.63) is 16.6 Å². The van der Waals surface area contributed by atoms with Crippen LogP contribution in [-0.4, -0.2) is 22.8 Å². The summed E-state index contributed by atoms with van der Waals surface area (Å²) in [7, 11) is 0. The normalized spacial score (nSPS) is 25.3. The van der Waals surface area contributed by atoms with Crippen molar-refractivity contribution >= 4 is 28.8 Å². The van der Waals surface area contributed by atoms with Crippen LogP contribution in [0, 0.1) is 5.92 Å². The van der Waals surface area contributed by atoms with E-state index in [9.17, 15) is 4.79 Å². The van der Waals surface area contributed by atoms with E-state index in [0.717, 1.165) is 12.8 Å². The second-order valence-electron chi connectivity index (χ2n) is 4.14. The summed E-state index contributed by atoms with van der Waals surface area (Å²) in [5.41, 5.74) is 1.67. The molecule has 0 spiro atoms. The van der Waals surface area contributed by atoms with Gasteiger partial charge >= 0.3 is 0 Å². The van der Waals surface area contributed by atoms with Crippen LogP contribution in [0.15, 0.2) is 11.7 Å². The Kier molecular flexibility index (Phi) is 4.18. The van der Waals surface area contributed by atoms with Crippen LogP contribution < -0.4 is 5.32 Å². The van der Waals surface area contributed by atoms with Gasteiger partial charge in [-0.2, -0.15) is 0 Å². The Morgan fingerprint density at radius 3 is 3.06 bits per heavy atom. The van der Waals surface area contributed by atoms with E-state index in [2.05, 4.69) is 10.3 Å². The van der Waals surface area contributed by atoms with Crippen LogP contribution in [0.1, 0.15) is 35.4 Å². The molecule has 1 aliphatic carbocycles.